The highest BCUT2D eigenvalue weighted by atomic mass is 32.2. The Balaban J connectivity index is 1.99. The van der Waals surface area contributed by atoms with Crippen molar-refractivity contribution in [2.75, 3.05) is 5.73 Å². The second-order valence-electron chi connectivity index (χ2n) is 7.47. The van der Waals surface area contributed by atoms with Crippen molar-refractivity contribution >= 4 is 16.8 Å². The topological polar surface area (TPSA) is 80.9 Å². The average molecular weight is 381 g/mol. The largest absolute Gasteiger partial charge is 0.382 e. The van der Waals surface area contributed by atoms with E-state index in [0.717, 1.165) is 32.8 Å². The Hall–Kier alpha value is -2.57. The summed E-state index contributed by atoms with van der Waals surface area (Å²) >= 11 is 0. The fourth-order valence-electron chi connectivity index (χ4n) is 2.80. The lowest BCUT2D eigenvalue weighted by Gasteiger charge is -2.21. The standard InChI is InChI=1S/C21H24N4OS/c1-14-11-15(9-10-16(14)18-12-24-20(22)13-23-18)17-7-5-6-8-19(17)27(26)25-21(2,3)4/h5-13,25H,1-4H3,(H2,22,24). The van der Waals surface area contributed by atoms with Crippen LogP contribution in [-0.2, 0) is 11.0 Å². The van der Waals surface area contributed by atoms with Crippen LogP contribution >= 0.6 is 0 Å². The molecule has 0 bridgehead atoms. The van der Waals surface area contributed by atoms with Gasteiger partial charge < -0.3 is 5.73 Å². The maximum atomic E-state index is 12.8. The smallest absolute Gasteiger partial charge is 0.141 e. The van der Waals surface area contributed by atoms with E-state index in [-0.39, 0.29) is 5.54 Å². The van der Waals surface area contributed by atoms with Gasteiger partial charge in [-0.3, -0.25) is 4.98 Å². The molecule has 6 heteroatoms. The van der Waals surface area contributed by atoms with Crippen LogP contribution in [0.25, 0.3) is 22.4 Å². The number of nitrogens with one attached hydrogen (secondary N) is 1. The Morgan fingerprint density at radius 2 is 1.74 bits per heavy atom. The number of nitrogen functional groups attached to an aromatic ring is 1. The first-order valence-electron chi connectivity index (χ1n) is 8.72. The summed E-state index contributed by atoms with van der Waals surface area (Å²) in [7, 11) is -1.30. The Bertz CT molecular complexity index is 978. The first kappa shape index (κ1) is 19.2. The maximum Gasteiger partial charge on any atom is 0.141 e. The Labute approximate surface area is 162 Å². The van der Waals surface area contributed by atoms with E-state index in [0.29, 0.717) is 5.82 Å². The molecule has 0 spiro atoms. The van der Waals surface area contributed by atoms with Crippen LogP contribution in [-0.4, -0.2) is 19.7 Å². The average Bonchev–Trinajstić information content (AvgIpc) is 2.61. The second kappa shape index (κ2) is 7.58. The summed E-state index contributed by atoms with van der Waals surface area (Å²) in [5.74, 6) is 0.399. The van der Waals surface area contributed by atoms with E-state index in [1.54, 1.807) is 12.4 Å². The number of nitrogens with two attached hydrogens (primary N) is 1. The highest BCUT2D eigenvalue weighted by Crippen LogP contribution is 2.30. The third kappa shape index (κ3) is 4.59. The summed E-state index contributed by atoms with van der Waals surface area (Å²) in [4.78, 5) is 9.24. The van der Waals surface area contributed by atoms with Gasteiger partial charge >= 0.3 is 0 Å². The monoisotopic (exact) mass is 380 g/mol. The van der Waals surface area contributed by atoms with Crippen LogP contribution in [0.3, 0.4) is 0 Å². The Kier molecular flexibility index (Phi) is 5.39. The maximum absolute atomic E-state index is 12.8. The third-order valence-electron chi connectivity index (χ3n) is 3.97. The van der Waals surface area contributed by atoms with Crippen molar-refractivity contribution < 1.29 is 4.21 Å². The molecule has 1 heterocycles. The van der Waals surface area contributed by atoms with E-state index in [1.807, 2.05) is 64.1 Å². The molecule has 1 aromatic heterocycles. The summed E-state index contributed by atoms with van der Waals surface area (Å²) in [5.41, 5.74) is 10.2. The molecule has 5 nitrogen and oxygen atoms in total. The Morgan fingerprint density at radius 3 is 2.37 bits per heavy atom. The zero-order valence-corrected chi connectivity index (χ0v) is 16.8. The summed E-state index contributed by atoms with van der Waals surface area (Å²) in [6.45, 7) is 8.03. The van der Waals surface area contributed by atoms with Gasteiger partial charge in [0, 0.05) is 11.1 Å². The first-order chi connectivity index (χ1) is 12.7. The number of aryl methyl sites for hydroxylation is 1. The van der Waals surface area contributed by atoms with Crippen LogP contribution in [0.2, 0.25) is 0 Å². The molecule has 1 atom stereocenters. The van der Waals surface area contributed by atoms with Gasteiger partial charge in [0.2, 0.25) is 0 Å². The van der Waals surface area contributed by atoms with Gasteiger partial charge in [-0.2, -0.15) is 0 Å². The number of anilines is 1. The predicted octanol–water partition coefficient (Wildman–Crippen LogP) is 4.11. The summed E-state index contributed by atoms with van der Waals surface area (Å²) in [6, 6.07) is 13.9. The van der Waals surface area contributed by atoms with Crippen LogP contribution in [0.5, 0.6) is 0 Å². The lowest BCUT2D eigenvalue weighted by atomic mass is 9.98. The van der Waals surface area contributed by atoms with E-state index < -0.39 is 11.0 Å². The lowest BCUT2D eigenvalue weighted by Crippen LogP contribution is -2.37. The number of hydrogen-bond acceptors (Lipinski definition) is 4. The van der Waals surface area contributed by atoms with Crippen LogP contribution in [0.1, 0.15) is 26.3 Å². The normalized spacial score (nSPS) is 12.7. The number of hydrogen-bond donors (Lipinski definition) is 2. The number of rotatable bonds is 4. The summed E-state index contributed by atoms with van der Waals surface area (Å²) in [6.07, 6.45) is 3.23. The van der Waals surface area contributed by atoms with Gasteiger partial charge in [-0.25, -0.2) is 13.9 Å². The van der Waals surface area contributed by atoms with Crippen molar-refractivity contribution in [2.24, 2.45) is 0 Å². The molecular formula is C21H24N4OS. The van der Waals surface area contributed by atoms with Crippen molar-refractivity contribution in [1.82, 2.24) is 14.7 Å². The van der Waals surface area contributed by atoms with Gasteiger partial charge in [0.05, 0.1) is 23.0 Å². The minimum absolute atomic E-state index is 0.244. The molecule has 0 aliphatic heterocycles. The molecule has 0 amide bonds. The molecule has 3 N–H and O–H groups in total. The van der Waals surface area contributed by atoms with Gasteiger partial charge in [0.25, 0.3) is 0 Å². The molecule has 1 unspecified atom stereocenters. The molecule has 2 aromatic carbocycles. The molecule has 0 saturated heterocycles. The lowest BCUT2D eigenvalue weighted by molar-refractivity contribution is 0.520. The summed E-state index contributed by atoms with van der Waals surface area (Å²) < 4.78 is 16.0. The molecule has 0 radical (unpaired) electrons. The molecule has 140 valence electrons. The van der Waals surface area contributed by atoms with Gasteiger partial charge in [0.15, 0.2) is 0 Å². The van der Waals surface area contributed by atoms with Crippen molar-refractivity contribution in [3.8, 4) is 22.4 Å². The second-order valence-corrected chi connectivity index (χ2v) is 8.65. The van der Waals surface area contributed by atoms with E-state index in [4.69, 9.17) is 5.73 Å². The molecular weight excluding hydrogens is 356 g/mol. The minimum Gasteiger partial charge on any atom is -0.382 e. The molecule has 27 heavy (non-hydrogen) atoms. The molecule has 0 aliphatic rings. The molecule has 0 saturated carbocycles. The van der Waals surface area contributed by atoms with E-state index in [2.05, 4.69) is 20.8 Å². The van der Waals surface area contributed by atoms with Crippen molar-refractivity contribution in [2.45, 2.75) is 38.1 Å². The highest BCUT2D eigenvalue weighted by Gasteiger charge is 2.18. The van der Waals surface area contributed by atoms with Crippen LogP contribution in [0.15, 0.2) is 59.8 Å². The zero-order chi connectivity index (χ0) is 19.6. The molecule has 0 aliphatic carbocycles. The van der Waals surface area contributed by atoms with E-state index in [1.165, 1.54) is 0 Å². The fraction of sp³-hybridized carbons (Fsp3) is 0.238. The van der Waals surface area contributed by atoms with Gasteiger partial charge in [0.1, 0.15) is 16.8 Å². The quantitative estimate of drug-likeness (QED) is 0.714. The van der Waals surface area contributed by atoms with Gasteiger partial charge in [-0.15, -0.1) is 0 Å². The SMILES string of the molecule is Cc1cc(-c2ccccc2S(=O)NC(C)(C)C)ccc1-c1cnc(N)cn1. The van der Waals surface area contributed by atoms with Crippen molar-refractivity contribution in [3.63, 3.8) is 0 Å². The van der Waals surface area contributed by atoms with Crippen LogP contribution in [0.4, 0.5) is 5.82 Å². The highest BCUT2D eigenvalue weighted by molar-refractivity contribution is 7.83. The first-order valence-corrected chi connectivity index (χ1v) is 9.87. The van der Waals surface area contributed by atoms with Crippen molar-refractivity contribution in [1.29, 1.82) is 0 Å². The van der Waals surface area contributed by atoms with E-state index >= 15 is 0 Å². The number of benzene rings is 2. The molecule has 0 fully saturated rings. The molecule has 3 rings (SSSR count). The number of nitrogens with zero attached hydrogens (tertiary/aromatic N) is 2. The Morgan fingerprint density at radius 1 is 1.00 bits per heavy atom. The van der Waals surface area contributed by atoms with Crippen LogP contribution in [0, 0.1) is 6.92 Å². The van der Waals surface area contributed by atoms with E-state index in [9.17, 15) is 4.21 Å². The summed E-state index contributed by atoms with van der Waals surface area (Å²) in [5, 5.41) is 0. The zero-order valence-electron chi connectivity index (χ0n) is 16.0. The number of aromatic nitrogens is 2. The predicted molar refractivity (Wildman–Crippen MR) is 111 cm³/mol. The van der Waals surface area contributed by atoms with Gasteiger partial charge in [-0.1, -0.05) is 36.4 Å². The van der Waals surface area contributed by atoms with Gasteiger partial charge in [-0.05, 0) is 50.5 Å². The minimum atomic E-state index is -1.30. The van der Waals surface area contributed by atoms with Crippen molar-refractivity contribution in [3.05, 3.63) is 60.4 Å². The van der Waals surface area contributed by atoms with Crippen LogP contribution < -0.4 is 10.5 Å². The third-order valence-corrected chi connectivity index (χ3v) is 5.52. The molecule has 3 aromatic rings. The fourth-order valence-corrected chi connectivity index (χ4v) is 4.05.